The van der Waals surface area contributed by atoms with Gasteiger partial charge in [0.15, 0.2) is 6.29 Å². The van der Waals surface area contributed by atoms with Crippen molar-refractivity contribution in [2.75, 3.05) is 7.11 Å². The van der Waals surface area contributed by atoms with Crippen LogP contribution in [0.4, 0.5) is 0 Å². The first-order valence-electron chi connectivity index (χ1n) is 4.28. The summed E-state index contributed by atoms with van der Waals surface area (Å²) in [6.07, 6.45) is 0.876. The number of carbonyl (C=O) groups excluding carboxylic acids is 1. The van der Waals surface area contributed by atoms with Gasteiger partial charge in [-0.1, -0.05) is 6.07 Å². The van der Waals surface area contributed by atoms with Crippen molar-refractivity contribution in [3.8, 4) is 5.75 Å². The zero-order valence-electron chi connectivity index (χ0n) is 8.03. The molecule has 0 unspecified atom stereocenters. The Labute approximate surface area is 86.1 Å². The molecule has 0 aliphatic carbocycles. The number of carbonyl (C=O) groups is 1. The van der Waals surface area contributed by atoms with Crippen molar-refractivity contribution in [1.29, 1.82) is 0 Å². The number of hydrogen-bond donors (Lipinski definition) is 0. The molecule has 0 N–H and O–H groups in total. The standard InChI is InChI=1S/C11H10O2S/c1-7-3-4-9-10(11(7)13-2)8(5-12)6-14-9/h3-6H,1-2H3. The van der Waals surface area contributed by atoms with Crippen LogP contribution in [0.1, 0.15) is 15.9 Å². The van der Waals surface area contributed by atoms with Gasteiger partial charge in [-0.2, -0.15) is 0 Å². The maximum atomic E-state index is 10.8. The summed E-state index contributed by atoms with van der Waals surface area (Å²) in [6.45, 7) is 1.98. The number of methoxy groups -OCH3 is 1. The van der Waals surface area contributed by atoms with Crippen LogP contribution < -0.4 is 4.74 Å². The van der Waals surface area contributed by atoms with Crippen molar-refractivity contribution in [2.45, 2.75) is 6.92 Å². The summed E-state index contributed by atoms with van der Waals surface area (Å²) in [7, 11) is 1.63. The molecular weight excluding hydrogens is 196 g/mol. The number of aldehydes is 1. The zero-order valence-corrected chi connectivity index (χ0v) is 8.85. The fourth-order valence-electron chi connectivity index (χ4n) is 1.58. The summed E-state index contributed by atoms with van der Waals surface area (Å²) >= 11 is 1.57. The van der Waals surface area contributed by atoms with E-state index in [0.717, 1.165) is 27.7 Å². The largest absolute Gasteiger partial charge is 0.496 e. The van der Waals surface area contributed by atoms with E-state index in [0.29, 0.717) is 5.56 Å². The molecule has 2 nitrogen and oxygen atoms in total. The van der Waals surface area contributed by atoms with Crippen LogP contribution >= 0.6 is 11.3 Å². The van der Waals surface area contributed by atoms with Crippen molar-refractivity contribution < 1.29 is 9.53 Å². The predicted octanol–water partition coefficient (Wildman–Crippen LogP) is 3.03. The van der Waals surface area contributed by atoms with Gasteiger partial charge in [0.2, 0.25) is 0 Å². The van der Waals surface area contributed by atoms with Crippen LogP contribution in [-0.2, 0) is 0 Å². The van der Waals surface area contributed by atoms with Gasteiger partial charge in [0.25, 0.3) is 0 Å². The van der Waals surface area contributed by atoms with E-state index >= 15 is 0 Å². The van der Waals surface area contributed by atoms with Crippen molar-refractivity contribution in [2.24, 2.45) is 0 Å². The zero-order chi connectivity index (χ0) is 10.1. The van der Waals surface area contributed by atoms with Crippen LogP contribution in [0.5, 0.6) is 5.75 Å². The number of ether oxygens (including phenoxy) is 1. The Morgan fingerprint density at radius 3 is 2.86 bits per heavy atom. The Kier molecular flexibility index (Phi) is 2.25. The van der Waals surface area contributed by atoms with E-state index in [-0.39, 0.29) is 0 Å². The molecule has 1 aromatic carbocycles. The van der Waals surface area contributed by atoms with Crippen LogP contribution in [0, 0.1) is 6.92 Å². The summed E-state index contributed by atoms with van der Waals surface area (Å²) in [5.74, 6) is 0.811. The van der Waals surface area contributed by atoms with Gasteiger partial charge in [-0.15, -0.1) is 11.3 Å². The van der Waals surface area contributed by atoms with Crippen LogP contribution in [-0.4, -0.2) is 13.4 Å². The minimum Gasteiger partial charge on any atom is -0.496 e. The summed E-state index contributed by atoms with van der Waals surface area (Å²) in [5, 5.41) is 2.80. The van der Waals surface area contributed by atoms with E-state index in [1.807, 2.05) is 24.4 Å². The Morgan fingerprint density at radius 2 is 2.21 bits per heavy atom. The molecule has 0 aliphatic heterocycles. The average molecular weight is 206 g/mol. The minimum absolute atomic E-state index is 0.713. The fourth-order valence-corrected chi connectivity index (χ4v) is 2.48. The highest BCUT2D eigenvalue weighted by molar-refractivity contribution is 7.17. The van der Waals surface area contributed by atoms with Crippen molar-refractivity contribution in [1.82, 2.24) is 0 Å². The highest BCUT2D eigenvalue weighted by Gasteiger charge is 2.10. The van der Waals surface area contributed by atoms with E-state index in [1.54, 1.807) is 18.4 Å². The molecule has 14 heavy (non-hydrogen) atoms. The number of benzene rings is 1. The molecule has 72 valence electrons. The molecule has 0 aliphatic rings. The molecule has 2 rings (SSSR count). The highest BCUT2D eigenvalue weighted by Crippen LogP contribution is 2.35. The number of fused-ring (bicyclic) bond motifs is 1. The number of thiophene rings is 1. The van der Waals surface area contributed by atoms with E-state index in [1.165, 1.54) is 0 Å². The normalized spacial score (nSPS) is 10.4. The van der Waals surface area contributed by atoms with Gasteiger partial charge in [0.05, 0.1) is 7.11 Å². The third kappa shape index (κ3) is 1.21. The minimum atomic E-state index is 0.713. The SMILES string of the molecule is COc1c(C)ccc2scc(C=O)c12. The second-order valence-corrected chi connectivity index (χ2v) is 4.01. The second kappa shape index (κ2) is 3.42. The van der Waals surface area contributed by atoms with Gasteiger partial charge in [-0.3, -0.25) is 4.79 Å². The van der Waals surface area contributed by atoms with Gasteiger partial charge in [-0.05, 0) is 18.6 Å². The third-order valence-corrected chi connectivity index (χ3v) is 3.21. The molecule has 0 bridgehead atoms. The molecule has 0 fully saturated rings. The topological polar surface area (TPSA) is 26.3 Å². The molecule has 0 saturated carbocycles. The molecule has 0 amide bonds. The van der Waals surface area contributed by atoms with Gasteiger partial charge in [-0.25, -0.2) is 0 Å². The lowest BCUT2D eigenvalue weighted by atomic mass is 10.1. The summed E-state index contributed by atoms with van der Waals surface area (Å²) < 4.78 is 6.40. The molecule has 3 heteroatoms. The Morgan fingerprint density at radius 1 is 1.43 bits per heavy atom. The van der Waals surface area contributed by atoms with Crippen molar-refractivity contribution in [3.05, 3.63) is 28.6 Å². The smallest absolute Gasteiger partial charge is 0.151 e. The predicted molar refractivity (Wildman–Crippen MR) is 58.5 cm³/mol. The molecule has 0 spiro atoms. The first-order chi connectivity index (χ1) is 6.77. The second-order valence-electron chi connectivity index (χ2n) is 3.10. The van der Waals surface area contributed by atoms with Crippen molar-refractivity contribution >= 4 is 27.7 Å². The molecular formula is C11H10O2S. The number of rotatable bonds is 2. The number of aryl methyl sites for hydroxylation is 1. The Bertz CT molecular complexity index is 485. The van der Waals surface area contributed by atoms with Crippen LogP contribution in [0.15, 0.2) is 17.5 Å². The van der Waals surface area contributed by atoms with Crippen molar-refractivity contribution in [3.63, 3.8) is 0 Å². The summed E-state index contributed by atoms with van der Waals surface area (Å²) in [4.78, 5) is 10.8. The Hall–Kier alpha value is -1.35. The van der Waals surface area contributed by atoms with Gasteiger partial charge in [0.1, 0.15) is 5.75 Å². The molecule has 1 aromatic heterocycles. The van der Waals surface area contributed by atoms with Gasteiger partial charge < -0.3 is 4.74 Å². The van der Waals surface area contributed by atoms with Gasteiger partial charge >= 0.3 is 0 Å². The Balaban J connectivity index is 2.88. The lowest BCUT2D eigenvalue weighted by Crippen LogP contribution is -1.89. The monoisotopic (exact) mass is 206 g/mol. The molecule has 1 heterocycles. The molecule has 0 atom stereocenters. The maximum Gasteiger partial charge on any atom is 0.151 e. The van der Waals surface area contributed by atoms with Crippen LogP contribution in [0.25, 0.3) is 10.1 Å². The van der Waals surface area contributed by atoms with Crippen LogP contribution in [0.2, 0.25) is 0 Å². The van der Waals surface area contributed by atoms with Gasteiger partial charge in [0, 0.05) is 21.0 Å². The summed E-state index contributed by atoms with van der Waals surface area (Å²) in [5.41, 5.74) is 1.77. The molecule has 2 aromatic rings. The quantitative estimate of drug-likeness (QED) is 0.706. The lowest BCUT2D eigenvalue weighted by molar-refractivity contribution is 0.112. The van der Waals surface area contributed by atoms with E-state index in [4.69, 9.17) is 4.74 Å². The first kappa shape index (κ1) is 9.21. The van der Waals surface area contributed by atoms with E-state index in [2.05, 4.69) is 0 Å². The summed E-state index contributed by atoms with van der Waals surface area (Å²) in [6, 6.07) is 4.02. The molecule has 0 radical (unpaired) electrons. The van der Waals surface area contributed by atoms with Crippen LogP contribution in [0.3, 0.4) is 0 Å². The molecule has 0 saturated heterocycles. The third-order valence-electron chi connectivity index (χ3n) is 2.25. The number of hydrogen-bond acceptors (Lipinski definition) is 3. The first-order valence-corrected chi connectivity index (χ1v) is 5.16. The van der Waals surface area contributed by atoms with E-state index in [9.17, 15) is 4.79 Å². The lowest BCUT2D eigenvalue weighted by Gasteiger charge is -2.06. The fraction of sp³-hybridized carbons (Fsp3) is 0.182. The average Bonchev–Trinajstić information content (AvgIpc) is 2.61. The maximum absolute atomic E-state index is 10.8. The highest BCUT2D eigenvalue weighted by atomic mass is 32.1. The van der Waals surface area contributed by atoms with E-state index < -0.39 is 0 Å².